The molecule has 8 nitrogen and oxygen atoms in total. The van der Waals surface area contributed by atoms with E-state index in [9.17, 15) is 19.4 Å². The average Bonchev–Trinajstić information content (AvgIpc) is 3.34. The molecule has 0 aromatic carbocycles. The number of allylic oxidation sites excluding steroid dienone is 7. The zero-order valence-corrected chi connectivity index (χ0v) is 49.3. The molecule has 0 fully saturated rings. The van der Waals surface area contributed by atoms with Crippen molar-refractivity contribution >= 4 is 13.7 Å². The molecule has 0 aromatic rings. The van der Waals surface area contributed by atoms with Gasteiger partial charge < -0.3 is 19.8 Å². The third-order valence-corrected chi connectivity index (χ3v) is 15.0. The van der Waals surface area contributed by atoms with Crippen LogP contribution in [-0.4, -0.2) is 73.4 Å². The molecule has 3 unspecified atom stereocenters. The minimum Gasteiger partial charge on any atom is -0.387 e. The van der Waals surface area contributed by atoms with Crippen LogP contribution in [0.3, 0.4) is 0 Å². The second-order valence-electron chi connectivity index (χ2n) is 22.4. The number of carbonyl (C=O) groups is 1. The van der Waals surface area contributed by atoms with Crippen molar-refractivity contribution in [1.82, 2.24) is 5.32 Å². The number of nitrogens with zero attached hydrogens (tertiary/aromatic N) is 1. The van der Waals surface area contributed by atoms with Gasteiger partial charge in [-0.15, -0.1) is 0 Å². The Morgan fingerprint density at radius 1 is 0.472 bits per heavy atom. The van der Waals surface area contributed by atoms with Gasteiger partial charge in [-0.2, -0.15) is 0 Å². The van der Waals surface area contributed by atoms with Crippen molar-refractivity contribution < 1.29 is 32.9 Å². The summed E-state index contributed by atoms with van der Waals surface area (Å²) in [6.45, 7) is 4.75. The monoisotopic (exact) mass is 1030 g/mol. The molecule has 0 spiro atoms. The second-order valence-corrected chi connectivity index (χ2v) is 23.9. The van der Waals surface area contributed by atoms with Crippen LogP contribution in [0.2, 0.25) is 0 Å². The highest BCUT2D eigenvalue weighted by Gasteiger charge is 2.27. The Kier molecular flexibility index (Phi) is 53.1. The first-order valence-corrected chi connectivity index (χ1v) is 32.5. The molecule has 1 amide bonds. The van der Waals surface area contributed by atoms with E-state index in [-0.39, 0.29) is 19.1 Å². The SMILES string of the molecule is CCCCC/C=C/CC/C=C/C(O)C(COP(=O)(O)OCC[N+](C)(C)C)NC(=O)CCCCCCCCCCCCCCCCCCCCCCCCCCCCCCC/C=C\C/C=C\CCCCCCC. The molecular weight excluding hydrogens is 912 g/mol. The summed E-state index contributed by atoms with van der Waals surface area (Å²) in [6, 6.07) is -0.859. The summed E-state index contributed by atoms with van der Waals surface area (Å²) in [4.78, 5) is 23.2. The van der Waals surface area contributed by atoms with E-state index in [0.717, 1.165) is 44.9 Å². The highest BCUT2D eigenvalue weighted by molar-refractivity contribution is 7.47. The van der Waals surface area contributed by atoms with Gasteiger partial charge in [0, 0.05) is 6.42 Å². The van der Waals surface area contributed by atoms with Gasteiger partial charge in [0.05, 0.1) is 39.9 Å². The maximum atomic E-state index is 12.9. The van der Waals surface area contributed by atoms with E-state index in [1.165, 1.54) is 231 Å². The molecule has 0 aliphatic heterocycles. The molecule has 9 heteroatoms. The van der Waals surface area contributed by atoms with Crippen molar-refractivity contribution in [3.63, 3.8) is 0 Å². The first-order valence-electron chi connectivity index (χ1n) is 31.0. The molecule has 72 heavy (non-hydrogen) atoms. The summed E-state index contributed by atoms with van der Waals surface area (Å²) >= 11 is 0. The minimum atomic E-state index is -4.34. The largest absolute Gasteiger partial charge is 0.472 e. The number of quaternary nitrogens is 1. The number of phosphoric acid groups is 1. The normalized spacial score (nSPS) is 14.2. The van der Waals surface area contributed by atoms with Crippen LogP contribution in [0, 0.1) is 0 Å². The van der Waals surface area contributed by atoms with Crippen LogP contribution < -0.4 is 5.32 Å². The van der Waals surface area contributed by atoms with Gasteiger partial charge in [-0.25, -0.2) is 4.57 Å². The summed E-state index contributed by atoms with van der Waals surface area (Å²) in [5.74, 6) is -0.185. The molecular formula is C63H122N2O6P+. The number of rotatable bonds is 57. The summed E-state index contributed by atoms with van der Waals surface area (Å²) in [5, 5.41) is 13.8. The Labute approximate surface area is 448 Å². The van der Waals surface area contributed by atoms with Gasteiger partial charge in [-0.05, 0) is 64.2 Å². The number of carbonyl (C=O) groups excluding carboxylic acids is 1. The van der Waals surface area contributed by atoms with Crippen molar-refractivity contribution in [3.8, 4) is 0 Å². The third-order valence-electron chi connectivity index (χ3n) is 14.0. The molecule has 0 saturated carbocycles. The van der Waals surface area contributed by atoms with Crippen LogP contribution in [0.4, 0.5) is 0 Å². The molecule has 3 atom stereocenters. The van der Waals surface area contributed by atoms with E-state index in [1.807, 2.05) is 27.2 Å². The molecule has 0 aromatic heterocycles. The van der Waals surface area contributed by atoms with E-state index in [4.69, 9.17) is 9.05 Å². The molecule has 0 rings (SSSR count). The maximum absolute atomic E-state index is 12.9. The Morgan fingerprint density at radius 3 is 1.22 bits per heavy atom. The quantitative estimate of drug-likeness (QED) is 0.0243. The van der Waals surface area contributed by atoms with Crippen molar-refractivity contribution in [1.29, 1.82) is 0 Å². The number of phosphoric ester groups is 1. The Bertz CT molecular complexity index is 1310. The van der Waals surface area contributed by atoms with Crippen molar-refractivity contribution in [3.05, 3.63) is 48.6 Å². The van der Waals surface area contributed by atoms with Gasteiger partial charge >= 0.3 is 7.82 Å². The highest BCUT2D eigenvalue weighted by Crippen LogP contribution is 2.43. The number of amides is 1. The fraction of sp³-hybridized carbons (Fsp3) is 0.857. The zero-order chi connectivity index (χ0) is 52.7. The van der Waals surface area contributed by atoms with Gasteiger partial charge in [0.2, 0.25) is 5.91 Å². The van der Waals surface area contributed by atoms with E-state index in [1.54, 1.807) is 6.08 Å². The molecule has 0 bridgehead atoms. The molecule has 424 valence electrons. The van der Waals surface area contributed by atoms with Crippen LogP contribution in [0.1, 0.15) is 296 Å². The highest BCUT2D eigenvalue weighted by atomic mass is 31.2. The fourth-order valence-corrected chi connectivity index (χ4v) is 9.89. The summed E-state index contributed by atoms with van der Waals surface area (Å²) < 4.78 is 23.6. The predicted octanol–water partition coefficient (Wildman–Crippen LogP) is 19.1. The van der Waals surface area contributed by atoms with Gasteiger partial charge in [-0.1, -0.05) is 274 Å². The molecule has 3 N–H and O–H groups in total. The summed E-state index contributed by atoms with van der Waals surface area (Å²) in [6.07, 6.45) is 72.9. The van der Waals surface area contributed by atoms with Crippen molar-refractivity contribution in [2.24, 2.45) is 0 Å². The number of aliphatic hydroxyl groups is 1. The van der Waals surface area contributed by atoms with Gasteiger partial charge in [0.1, 0.15) is 13.2 Å². The number of unbranched alkanes of at least 4 members (excludes halogenated alkanes) is 38. The lowest BCUT2D eigenvalue weighted by Crippen LogP contribution is -2.45. The smallest absolute Gasteiger partial charge is 0.387 e. The fourth-order valence-electron chi connectivity index (χ4n) is 9.15. The Hall–Kier alpha value is -1.54. The topological polar surface area (TPSA) is 105 Å². The Morgan fingerprint density at radius 2 is 0.806 bits per heavy atom. The van der Waals surface area contributed by atoms with Crippen LogP contribution in [-0.2, 0) is 18.4 Å². The lowest BCUT2D eigenvalue weighted by atomic mass is 10.0. The molecule has 0 aliphatic carbocycles. The van der Waals surface area contributed by atoms with E-state index < -0.39 is 20.0 Å². The number of hydrogen-bond donors (Lipinski definition) is 3. The Balaban J connectivity index is 3.75. The lowest BCUT2D eigenvalue weighted by Gasteiger charge is -2.25. The summed E-state index contributed by atoms with van der Waals surface area (Å²) in [5.41, 5.74) is 0. The van der Waals surface area contributed by atoms with Crippen molar-refractivity contribution in [2.75, 3.05) is 40.9 Å². The first kappa shape index (κ1) is 70.5. The number of hydrogen-bond acceptors (Lipinski definition) is 5. The average molecular weight is 1030 g/mol. The zero-order valence-electron chi connectivity index (χ0n) is 48.4. The number of nitrogens with one attached hydrogen (secondary N) is 1. The van der Waals surface area contributed by atoms with Crippen LogP contribution in [0.25, 0.3) is 0 Å². The maximum Gasteiger partial charge on any atom is 0.472 e. The van der Waals surface area contributed by atoms with Gasteiger partial charge in [0.25, 0.3) is 0 Å². The number of aliphatic hydroxyl groups excluding tert-OH is 1. The van der Waals surface area contributed by atoms with Gasteiger partial charge in [-0.3, -0.25) is 13.8 Å². The third kappa shape index (κ3) is 56.2. The predicted molar refractivity (Wildman–Crippen MR) is 314 cm³/mol. The van der Waals surface area contributed by atoms with E-state index in [2.05, 4.69) is 55.6 Å². The molecule has 0 radical (unpaired) electrons. The molecule has 0 aliphatic rings. The molecule has 0 saturated heterocycles. The van der Waals surface area contributed by atoms with E-state index >= 15 is 0 Å². The molecule has 0 heterocycles. The van der Waals surface area contributed by atoms with Crippen molar-refractivity contribution in [2.45, 2.75) is 309 Å². The first-order chi connectivity index (χ1) is 35.0. The van der Waals surface area contributed by atoms with Crippen LogP contribution >= 0.6 is 7.82 Å². The second kappa shape index (κ2) is 54.3. The lowest BCUT2D eigenvalue weighted by molar-refractivity contribution is -0.870. The van der Waals surface area contributed by atoms with Gasteiger partial charge in [0.15, 0.2) is 0 Å². The number of likely N-dealkylation sites (N-methyl/N-ethyl adjacent to an activating group) is 1. The van der Waals surface area contributed by atoms with E-state index in [0.29, 0.717) is 17.4 Å². The summed E-state index contributed by atoms with van der Waals surface area (Å²) in [7, 11) is 1.56. The van der Waals surface area contributed by atoms with Crippen LogP contribution in [0.5, 0.6) is 0 Å². The minimum absolute atomic E-state index is 0.0569. The standard InChI is InChI=1S/C63H121N2O6P/c1-6-8-10-12-14-16-17-18-19-20-21-22-23-24-25-26-27-28-29-30-31-32-33-34-35-36-37-38-39-40-41-42-43-44-45-46-47-49-51-53-55-57-63(67)64-61(60-71-72(68,69)70-59-58-65(3,4)5)62(66)56-54-52-50-48-15-13-11-9-7-2/h15,17-18,20-21,48,54,56,61-62,66H,6-14,16,19,22-47,49-53,55,57-60H2,1-5H3,(H-,64,67,68,69)/p+1/b18-17-,21-20-,48-15+,56-54+. The van der Waals surface area contributed by atoms with Crippen LogP contribution in [0.15, 0.2) is 48.6 Å².